The average Bonchev–Trinajstić information content (AvgIpc) is 2.79. The third-order valence-corrected chi connectivity index (χ3v) is 3.84. The molecule has 0 atom stereocenters. The van der Waals surface area contributed by atoms with Crippen molar-refractivity contribution in [1.82, 2.24) is 0 Å². The number of fused-ring (bicyclic) bond motifs is 1. The smallest absolute Gasteiger partial charge is 0.123 e. The van der Waals surface area contributed by atoms with E-state index in [2.05, 4.69) is 35.2 Å². The van der Waals surface area contributed by atoms with Crippen molar-refractivity contribution in [2.75, 3.05) is 11.4 Å². The maximum Gasteiger partial charge on any atom is 0.123 e. The van der Waals surface area contributed by atoms with Gasteiger partial charge in [0.25, 0.3) is 0 Å². The Kier molecular flexibility index (Phi) is 3.30. The Morgan fingerprint density at radius 3 is 2.95 bits per heavy atom. The van der Waals surface area contributed by atoms with E-state index in [-0.39, 0.29) is 0 Å². The highest BCUT2D eigenvalue weighted by Gasteiger charge is 2.18. The van der Waals surface area contributed by atoms with Gasteiger partial charge < -0.3 is 15.1 Å². The van der Waals surface area contributed by atoms with Gasteiger partial charge in [-0.15, -0.1) is 0 Å². The normalized spacial score (nSPS) is 14.5. The van der Waals surface area contributed by atoms with E-state index in [4.69, 9.17) is 10.2 Å². The number of hydrogen-bond acceptors (Lipinski definition) is 3. The minimum absolute atomic E-state index is 0.548. The molecule has 1 aliphatic heterocycles. The lowest BCUT2D eigenvalue weighted by molar-refractivity contribution is 0.472. The van der Waals surface area contributed by atoms with Gasteiger partial charge in [0.1, 0.15) is 11.5 Å². The standard InChI is InChI=1S/C16H20N2O/c1-12-14(10-17)9-15(19-12)11-18-8-4-6-13-5-2-3-7-16(13)18/h2-3,5,7,9H,4,6,8,10-11,17H2,1H3. The van der Waals surface area contributed by atoms with E-state index in [9.17, 15) is 0 Å². The first-order valence-corrected chi connectivity index (χ1v) is 6.89. The summed E-state index contributed by atoms with van der Waals surface area (Å²) in [7, 11) is 0. The van der Waals surface area contributed by atoms with Crippen molar-refractivity contribution in [1.29, 1.82) is 0 Å². The van der Waals surface area contributed by atoms with E-state index in [0.717, 1.165) is 30.2 Å². The fraction of sp³-hybridized carbons (Fsp3) is 0.375. The molecule has 3 rings (SSSR count). The molecule has 100 valence electrons. The van der Waals surface area contributed by atoms with Crippen molar-refractivity contribution >= 4 is 5.69 Å². The van der Waals surface area contributed by atoms with Crippen molar-refractivity contribution in [2.24, 2.45) is 5.73 Å². The summed E-state index contributed by atoms with van der Waals surface area (Å²) in [5.41, 5.74) is 9.60. The number of rotatable bonds is 3. The number of furan rings is 1. The first-order chi connectivity index (χ1) is 9.28. The van der Waals surface area contributed by atoms with Crippen LogP contribution in [0.5, 0.6) is 0 Å². The van der Waals surface area contributed by atoms with Crippen molar-refractivity contribution in [2.45, 2.75) is 32.9 Å². The van der Waals surface area contributed by atoms with Crippen LogP contribution in [-0.2, 0) is 19.5 Å². The molecule has 0 spiro atoms. The van der Waals surface area contributed by atoms with Gasteiger partial charge in [0.05, 0.1) is 6.54 Å². The fourth-order valence-corrected chi connectivity index (χ4v) is 2.83. The minimum atomic E-state index is 0.548. The summed E-state index contributed by atoms with van der Waals surface area (Å²) < 4.78 is 5.80. The van der Waals surface area contributed by atoms with E-state index in [0.29, 0.717) is 6.54 Å². The molecule has 0 amide bonds. The zero-order chi connectivity index (χ0) is 13.2. The van der Waals surface area contributed by atoms with Crippen LogP contribution in [0.1, 0.15) is 29.1 Å². The number of nitrogens with zero attached hydrogens (tertiary/aromatic N) is 1. The lowest BCUT2D eigenvalue weighted by atomic mass is 10.0. The first-order valence-electron chi connectivity index (χ1n) is 6.89. The zero-order valence-electron chi connectivity index (χ0n) is 11.4. The molecule has 1 aromatic carbocycles. The Hall–Kier alpha value is -1.74. The maximum atomic E-state index is 5.80. The SMILES string of the molecule is Cc1oc(CN2CCCc3ccccc32)cc1CN. The van der Waals surface area contributed by atoms with Gasteiger partial charge in [-0.1, -0.05) is 18.2 Å². The molecule has 2 aromatic rings. The highest BCUT2D eigenvalue weighted by Crippen LogP contribution is 2.28. The zero-order valence-corrected chi connectivity index (χ0v) is 11.4. The lowest BCUT2D eigenvalue weighted by Gasteiger charge is -2.30. The van der Waals surface area contributed by atoms with Gasteiger partial charge >= 0.3 is 0 Å². The fourth-order valence-electron chi connectivity index (χ4n) is 2.83. The summed E-state index contributed by atoms with van der Waals surface area (Å²) in [5, 5.41) is 0. The van der Waals surface area contributed by atoms with Crippen LogP contribution in [0.2, 0.25) is 0 Å². The topological polar surface area (TPSA) is 42.4 Å². The Morgan fingerprint density at radius 1 is 1.32 bits per heavy atom. The molecule has 19 heavy (non-hydrogen) atoms. The molecule has 3 nitrogen and oxygen atoms in total. The molecule has 0 saturated heterocycles. The predicted molar refractivity (Wildman–Crippen MR) is 77.1 cm³/mol. The summed E-state index contributed by atoms with van der Waals surface area (Å²) in [5.74, 6) is 1.96. The van der Waals surface area contributed by atoms with E-state index in [1.165, 1.54) is 24.1 Å². The monoisotopic (exact) mass is 256 g/mol. The second kappa shape index (κ2) is 5.10. The van der Waals surface area contributed by atoms with Gasteiger partial charge in [0.15, 0.2) is 0 Å². The lowest BCUT2D eigenvalue weighted by Crippen LogP contribution is -2.28. The van der Waals surface area contributed by atoms with Crippen LogP contribution in [0.3, 0.4) is 0 Å². The van der Waals surface area contributed by atoms with Crippen molar-refractivity contribution in [3.05, 3.63) is 53.0 Å². The van der Waals surface area contributed by atoms with Gasteiger partial charge in [0, 0.05) is 24.3 Å². The number of nitrogens with two attached hydrogens (primary N) is 1. The molecule has 0 radical (unpaired) electrons. The molecule has 0 unspecified atom stereocenters. The summed E-state index contributed by atoms with van der Waals surface area (Å²) in [4.78, 5) is 2.40. The Morgan fingerprint density at radius 2 is 2.16 bits per heavy atom. The van der Waals surface area contributed by atoms with Crippen LogP contribution < -0.4 is 10.6 Å². The van der Waals surface area contributed by atoms with Gasteiger partial charge in [-0.05, 0) is 37.5 Å². The van der Waals surface area contributed by atoms with Crippen LogP contribution in [0, 0.1) is 6.92 Å². The number of benzene rings is 1. The van der Waals surface area contributed by atoms with Gasteiger partial charge in [-0.25, -0.2) is 0 Å². The molecule has 0 aliphatic carbocycles. The molecular weight excluding hydrogens is 236 g/mol. The van der Waals surface area contributed by atoms with Crippen LogP contribution in [0.15, 0.2) is 34.7 Å². The Labute approximate surface area is 114 Å². The molecular formula is C16H20N2O. The van der Waals surface area contributed by atoms with Crippen molar-refractivity contribution < 1.29 is 4.42 Å². The molecule has 2 N–H and O–H groups in total. The summed E-state index contributed by atoms with van der Waals surface area (Å²) in [6.45, 7) is 4.45. The van der Waals surface area contributed by atoms with E-state index in [1.54, 1.807) is 0 Å². The number of hydrogen-bond donors (Lipinski definition) is 1. The first kappa shape index (κ1) is 12.3. The molecule has 0 bridgehead atoms. The van der Waals surface area contributed by atoms with Gasteiger partial charge in [0.2, 0.25) is 0 Å². The molecule has 0 saturated carbocycles. The second-order valence-corrected chi connectivity index (χ2v) is 5.15. The van der Waals surface area contributed by atoms with Crippen LogP contribution in [0.25, 0.3) is 0 Å². The van der Waals surface area contributed by atoms with Crippen LogP contribution >= 0.6 is 0 Å². The van der Waals surface area contributed by atoms with Crippen LogP contribution in [-0.4, -0.2) is 6.54 Å². The largest absolute Gasteiger partial charge is 0.464 e. The van der Waals surface area contributed by atoms with Crippen molar-refractivity contribution in [3.63, 3.8) is 0 Å². The van der Waals surface area contributed by atoms with Crippen LogP contribution in [0.4, 0.5) is 5.69 Å². The highest BCUT2D eigenvalue weighted by atomic mass is 16.3. The molecule has 0 fully saturated rings. The number of anilines is 1. The second-order valence-electron chi connectivity index (χ2n) is 5.15. The summed E-state index contributed by atoms with van der Waals surface area (Å²) in [6.07, 6.45) is 2.39. The summed E-state index contributed by atoms with van der Waals surface area (Å²) in [6, 6.07) is 10.7. The van der Waals surface area contributed by atoms with Gasteiger partial charge in [-0.2, -0.15) is 0 Å². The van der Waals surface area contributed by atoms with E-state index >= 15 is 0 Å². The number of aryl methyl sites for hydroxylation is 2. The molecule has 1 aromatic heterocycles. The molecule has 1 aliphatic rings. The maximum absolute atomic E-state index is 5.80. The Balaban J connectivity index is 1.84. The summed E-state index contributed by atoms with van der Waals surface area (Å²) >= 11 is 0. The number of para-hydroxylation sites is 1. The Bertz CT molecular complexity index is 574. The molecule has 2 heterocycles. The third-order valence-electron chi connectivity index (χ3n) is 3.84. The van der Waals surface area contributed by atoms with Crippen molar-refractivity contribution in [3.8, 4) is 0 Å². The predicted octanol–water partition coefficient (Wildman–Crippen LogP) is 3.00. The highest BCUT2D eigenvalue weighted by molar-refractivity contribution is 5.55. The quantitative estimate of drug-likeness (QED) is 0.918. The van der Waals surface area contributed by atoms with E-state index < -0.39 is 0 Å². The minimum Gasteiger partial charge on any atom is -0.464 e. The third kappa shape index (κ3) is 2.38. The van der Waals surface area contributed by atoms with E-state index in [1.807, 2.05) is 6.92 Å². The molecule has 3 heteroatoms. The average molecular weight is 256 g/mol. The van der Waals surface area contributed by atoms with Gasteiger partial charge in [-0.3, -0.25) is 0 Å².